The zero-order chi connectivity index (χ0) is 15.1. The molecule has 0 spiro atoms. The van der Waals surface area contributed by atoms with E-state index in [1.54, 1.807) is 0 Å². The van der Waals surface area contributed by atoms with Crippen molar-refractivity contribution in [2.45, 2.75) is 19.8 Å². The third-order valence-corrected chi connectivity index (χ3v) is 3.03. The van der Waals surface area contributed by atoms with Crippen molar-refractivity contribution in [3.8, 4) is 0 Å². The van der Waals surface area contributed by atoms with Crippen LogP contribution in [0.2, 0.25) is 10.0 Å². The lowest BCUT2D eigenvalue weighted by Gasteiger charge is -2.09. The van der Waals surface area contributed by atoms with Gasteiger partial charge in [-0.2, -0.15) is 0 Å². The summed E-state index contributed by atoms with van der Waals surface area (Å²) in [5.41, 5.74) is 5.79. The molecule has 1 rings (SSSR count). The molecule has 3 N–H and O–H groups in total. The van der Waals surface area contributed by atoms with Crippen molar-refractivity contribution in [1.29, 1.82) is 0 Å². The number of carbonyl (C=O) groups is 2. The van der Waals surface area contributed by atoms with E-state index in [1.807, 2.05) is 6.92 Å². The van der Waals surface area contributed by atoms with Gasteiger partial charge in [0.15, 0.2) is 6.61 Å². The molecule has 0 unspecified atom stereocenters. The molecule has 0 aliphatic carbocycles. The van der Waals surface area contributed by atoms with Crippen LogP contribution in [0.1, 0.15) is 30.1 Å². The number of halogens is 2. The number of nitrogens with two attached hydrogens (primary N) is 1. The molecule has 5 nitrogen and oxygen atoms in total. The second-order valence-corrected chi connectivity index (χ2v) is 4.97. The van der Waals surface area contributed by atoms with E-state index in [9.17, 15) is 9.59 Å². The van der Waals surface area contributed by atoms with Crippen LogP contribution in [0.15, 0.2) is 12.1 Å². The van der Waals surface area contributed by atoms with E-state index in [0.717, 1.165) is 12.8 Å². The number of hydrogen-bond acceptors (Lipinski definition) is 4. The second kappa shape index (κ2) is 7.97. The first-order valence-corrected chi connectivity index (χ1v) is 6.89. The lowest BCUT2D eigenvalue weighted by Crippen LogP contribution is -2.29. The van der Waals surface area contributed by atoms with Gasteiger partial charge in [0.2, 0.25) is 0 Å². The Kier molecular flexibility index (Phi) is 6.61. The molecule has 0 saturated heterocycles. The molecule has 0 fully saturated rings. The molecule has 0 aliphatic heterocycles. The Hall–Kier alpha value is -1.46. The van der Waals surface area contributed by atoms with Gasteiger partial charge in [-0.05, 0) is 18.6 Å². The van der Waals surface area contributed by atoms with E-state index in [-0.39, 0.29) is 33.8 Å². The Labute approximate surface area is 127 Å². The number of anilines is 1. The SMILES string of the molecule is CCCCNC(=O)COC(=O)c1cc(Cl)cc(Cl)c1N. The van der Waals surface area contributed by atoms with Crippen LogP contribution in [0.5, 0.6) is 0 Å². The smallest absolute Gasteiger partial charge is 0.340 e. The Morgan fingerprint density at radius 1 is 1.35 bits per heavy atom. The van der Waals surface area contributed by atoms with Crippen molar-refractivity contribution in [1.82, 2.24) is 5.32 Å². The normalized spacial score (nSPS) is 10.2. The number of esters is 1. The molecule has 0 aromatic heterocycles. The summed E-state index contributed by atoms with van der Waals surface area (Å²) in [6, 6.07) is 2.77. The summed E-state index contributed by atoms with van der Waals surface area (Å²) in [5, 5.41) is 3.06. The minimum absolute atomic E-state index is 0.0452. The van der Waals surface area contributed by atoms with Crippen molar-refractivity contribution in [2.75, 3.05) is 18.9 Å². The average Bonchev–Trinajstić information content (AvgIpc) is 2.40. The van der Waals surface area contributed by atoms with Gasteiger partial charge < -0.3 is 15.8 Å². The van der Waals surface area contributed by atoms with Gasteiger partial charge in [-0.25, -0.2) is 4.79 Å². The van der Waals surface area contributed by atoms with Crippen LogP contribution in [-0.4, -0.2) is 25.0 Å². The lowest BCUT2D eigenvalue weighted by molar-refractivity contribution is -0.124. The maximum absolute atomic E-state index is 11.8. The molecule has 0 bridgehead atoms. The molecular formula is C13H16Cl2N2O3. The maximum atomic E-state index is 11.8. The van der Waals surface area contributed by atoms with E-state index >= 15 is 0 Å². The number of nitrogens with one attached hydrogen (secondary N) is 1. The van der Waals surface area contributed by atoms with Gasteiger partial charge in [-0.15, -0.1) is 0 Å². The van der Waals surface area contributed by atoms with E-state index in [2.05, 4.69) is 5.32 Å². The minimum Gasteiger partial charge on any atom is -0.452 e. The fraction of sp³-hybridized carbons (Fsp3) is 0.385. The highest BCUT2D eigenvalue weighted by Gasteiger charge is 2.16. The van der Waals surface area contributed by atoms with Crippen molar-refractivity contribution < 1.29 is 14.3 Å². The molecule has 20 heavy (non-hydrogen) atoms. The fourth-order valence-corrected chi connectivity index (χ4v) is 1.91. The van der Waals surface area contributed by atoms with Crippen molar-refractivity contribution in [3.05, 3.63) is 27.7 Å². The summed E-state index contributed by atoms with van der Waals surface area (Å²) in [6.45, 7) is 2.20. The topological polar surface area (TPSA) is 81.4 Å². The highest BCUT2D eigenvalue weighted by atomic mass is 35.5. The van der Waals surface area contributed by atoms with Crippen molar-refractivity contribution in [2.24, 2.45) is 0 Å². The van der Waals surface area contributed by atoms with Gasteiger partial charge in [0, 0.05) is 11.6 Å². The van der Waals surface area contributed by atoms with E-state index < -0.39 is 5.97 Å². The van der Waals surface area contributed by atoms with Gasteiger partial charge in [0.25, 0.3) is 5.91 Å². The first-order valence-electron chi connectivity index (χ1n) is 6.14. The number of benzene rings is 1. The Morgan fingerprint density at radius 2 is 2.05 bits per heavy atom. The summed E-state index contributed by atoms with van der Waals surface area (Å²) >= 11 is 11.6. The average molecular weight is 319 g/mol. The largest absolute Gasteiger partial charge is 0.452 e. The summed E-state index contributed by atoms with van der Waals surface area (Å²) in [6.07, 6.45) is 1.84. The van der Waals surface area contributed by atoms with Gasteiger partial charge in [0.1, 0.15) is 0 Å². The highest BCUT2D eigenvalue weighted by molar-refractivity contribution is 6.37. The molecule has 1 amide bonds. The molecule has 1 aromatic carbocycles. The summed E-state index contributed by atoms with van der Waals surface area (Å²) in [5.74, 6) is -1.10. The maximum Gasteiger partial charge on any atom is 0.340 e. The summed E-state index contributed by atoms with van der Waals surface area (Å²) in [4.78, 5) is 23.2. The molecule has 0 saturated carbocycles. The van der Waals surface area contributed by atoms with Crippen LogP contribution in [0.25, 0.3) is 0 Å². The van der Waals surface area contributed by atoms with E-state index in [0.29, 0.717) is 6.54 Å². The molecule has 0 atom stereocenters. The van der Waals surface area contributed by atoms with Crippen molar-refractivity contribution in [3.63, 3.8) is 0 Å². The number of nitrogen functional groups attached to an aromatic ring is 1. The van der Waals surface area contributed by atoms with Gasteiger partial charge in [-0.1, -0.05) is 36.5 Å². The molecule has 0 radical (unpaired) electrons. The standard InChI is InChI=1S/C13H16Cl2N2O3/c1-2-3-4-17-11(18)7-20-13(19)9-5-8(14)6-10(15)12(9)16/h5-6H,2-4,7,16H2,1H3,(H,17,18). The van der Waals surface area contributed by atoms with E-state index in [1.165, 1.54) is 12.1 Å². The first kappa shape index (κ1) is 16.6. The van der Waals surface area contributed by atoms with E-state index in [4.69, 9.17) is 33.7 Å². The monoisotopic (exact) mass is 318 g/mol. The number of amides is 1. The van der Waals surface area contributed by atoms with Crippen LogP contribution >= 0.6 is 23.2 Å². The number of hydrogen-bond donors (Lipinski definition) is 2. The summed E-state index contributed by atoms with van der Waals surface area (Å²) in [7, 11) is 0. The zero-order valence-electron chi connectivity index (χ0n) is 11.0. The summed E-state index contributed by atoms with van der Waals surface area (Å²) < 4.78 is 4.86. The van der Waals surface area contributed by atoms with Crippen LogP contribution in [0.4, 0.5) is 5.69 Å². The Bertz CT molecular complexity index is 507. The quantitative estimate of drug-likeness (QED) is 0.480. The molecule has 1 aromatic rings. The van der Waals surface area contributed by atoms with Crippen LogP contribution in [0, 0.1) is 0 Å². The van der Waals surface area contributed by atoms with Gasteiger partial charge >= 0.3 is 5.97 Å². The highest BCUT2D eigenvalue weighted by Crippen LogP contribution is 2.27. The predicted molar refractivity (Wildman–Crippen MR) is 79.1 cm³/mol. The minimum atomic E-state index is -0.738. The number of unbranched alkanes of at least 4 members (excludes halogenated alkanes) is 1. The Morgan fingerprint density at radius 3 is 2.70 bits per heavy atom. The second-order valence-electron chi connectivity index (χ2n) is 4.13. The fourth-order valence-electron chi connectivity index (χ4n) is 1.42. The van der Waals surface area contributed by atoms with Crippen LogP contribution in [0.3, 0.4) is 0 Å². The molecule has 7 heteroatoms. The zero-order valence-corrected chi connectivity index (χ0v) is 12.6. The third kappa shape index (κ3) is 4.90. The number of carbonyl (C=O) groups excluding carboxylic acids is 2. The molecule has 0 aliphatic rings. The molecule has 110 valence electrons. The van der Waals surface area contributed by atoms with Gasteiger partial charge in [0.05, 0.1) is 16.3 Å². The lowest BCUT2D eigenvalue weighted by atomic mass is 10.2. The molecule has 0 heterocycles. The predicted octanol–water partition coefficient (Wildman–Crippen LogP) is 2.65. The third-order valence-electron chi connectivity index (χ3n) is 2.50. The van der Waals surface area contributed by atoms with Crippen molar-refractivity contribution >= 4 is 40.8 Å². The van der Waals surface area contributed by atoms with Crippen LogP contribution < -0.4 is 11.1 Å². The number of rotatable bonds is 6. The molecular weight excluding hydrogens is 303 g/mol. The van der Waals surface area contributed by atoms with Gasteiger partial charge in [-0.3, -0.25) is 4.79 Å². The number of ether oxygens (including phenoxy) is 1. The van der Waals surface area contributed by atoms with Crippen LogP contribution in [-0.2, 0) is 9.53 Å². The Balaban J connectivity index is 2.57. The first-order chi connectivity index (χ1) is 9.45.